The lowest BCUT2D eigenvalue weighted by Crippen LogP contribution is -2.37. The average molecular weight is 445 g/mol. The normalized spacial score (nSPS) is 13.4. The number of fused-ring (bicyclic) bond motifs is 1. The molecule has 0 atom stereocenters. The molecule has 0 radical (unpaired) electrons. The standard InChI is InChI=1S/C17H22N2O3.C6H5FO.C2H6/c1-20-16-12-14-4-2-5-18-15(14)13-17(16)22-9-3-6-19-7-10-21-11-8-19;7-5-3-1-2-4-6(5)8;1-2/h2,4-5,12-13H,3,6-11H2,1H3;1-4,8H;1-2H3. The monoisotopic (exact) mass is 444 g/mol. The van der Waals surface area contributed by atoms with E-state index in [0.29, 0.717) is 6.61 Å². The van der Waals surface area contributed by atoms with Gasteiger partial charge in [0, 0.05) is 37.3 Å². The van der Waals surface area contributed by atoms with Gasteiger partial charge in [0.15, 0.2) is 23.1 Å². The van der Waals surface area contributed by atoms with E-state index in [4.69, 9.17) is 19.3 Å². The van der Waals surface area contributed by atoms with Crippen LogP contribution in [0.2, 0.25) is 0 Å². The number of morpholine rings is 1. The topological polar surface area (TPSA) is 64.1 Å². The van der Waals surface area contributed by atoms with Crippen LogP contribution >= 0.6 is 0 Å². The van der Waals surface area contributed by atoms with E-state index in [-0.39, 0.29) is 5.75 Å². The highest BCUT2D eigenvalue weighted by Crippen LogP contribution is 2.31. The van der Waals surface area contributed by atoms with Gasteiger partial charge >= 0.3 is 0 Å². The number of halogens is 1. The zero-order valence-corrected chi connectivity index (χ0v) is 19.1. The molecule has 4 rings (SSSR count). The summed E-state index contributed by atoms with van der Waals surface area (Å²) in [6, 6.07) is 13.5. The molecule has 32 heavy (non-hydrogen) atoms. The predicted octanol–water partition coefficient (Wildman–Crippen LogP) is 4.90. The lowest BCUT2D eigenvalue weighted by atomic mass is 10.2. The van der Waals surface area contributed by atoms with Crippen LogP contribution in [0.1, 0.15) is 20.3 Å². The summed E-state index contributed by atoms with van der Waals surface area (Å²) >= 11 is 0. The largest absolute Gasteiger partial charge is 0.505 e. The molecule has 6 nitrogen and oxygen atoms in total. The third kappa shape index (κ3) is 7.98. The van der Waals surface area contributed by atoms with Crippen LogP contribution in [0.25, 0.3) is 10.9 Å². The number of hydrogen-bond acceptors (Lipinski definition) is 6. The molecule has 7 heteroatoms. The van der Waals surface area contributed by atoms with Crippen LogP contribution in [0.5, 0.6) is 17.2 Å². The Bertz CT molecular complexity index is 912. The summed E-state index contributed by atoms with van der Waals surface area (Å²) in [5.41, 5.74) is 0.923. The van der Waals surface area contributed by atoms with Crippen molar-refractivity contribution < 1.29 is 23.7 Å². The summed E-state index contributed by atoms with van der Waals surface area (Å²) in [6.07, 6.45) is 2.78. The first-order valence-corrected chi connectivity index (χ1v) is 11.0. The van der Waals surface area contributed by atoms with Crippen molar-refractivity contribution in [3.05, 3.63) is 60.5 Å². The Morgan fingerprint density at radius 1 is 1.06 bits per heavy atom. The minimum atomic E-state index is -0.576. The van der Waals surface area contributed by atoms with E-state index in [1.165, 1.54) is 18.2 Å². The first kappa shape index (κ1) is 25.4. The molecule has 3 aromatic rings. The zero-order chi connectivity index (χ0) is 23.2. The minimum absolute atomic E-state index is 0.299. The number of rotatable bonds is 6. The number of ether oxygens (including phenoxy) is 3. The molecule has 0 unspecified atom stereocenters. The summed E-state index contributed by atoms with van der Waals surface area (Å²) in [6.45, 7) is 9.42. The van der Waals surface area contributed by atoms with E-state index in [0.717, 1.165) is 61.7 Å². The molecule has 0 aliphatic carbocycles. The van der Waals surface area contributed by atoms with Crippen LogP contribution in [0.4, 0.5) is 4.39 Å². The van der Waals surface area contributed by atoms with Gasteiger partial charge in [-0.2, -0.15) is 0 Å². The van der Waals surface area contributed by atoms with Gasteiger partial charge in [0.2, 0.25) is 0 Å². The van der Waals surface area contributed by atoms with Gasteiger partial charge < -0.3 is 19.3 Å². The highest BCUT2D eigenvalue weighted by atomic mass is 19.1. The Labute approximate surface area is 189 Å². The van der Waals surface area contributed by atoms with Crippen molar-refractivity contribution >= 4 is 10.9 Å². The van der Waals surface area contributed by atoms with E-state index >= 15 is 0 Å². The summed E-state index contributed by atoms with van der Waals surface area (Å²) in [5, 5.41) is 9.60. The quantitative estimate of drug-likeness (QED) is 0.546. The molecule has 0 amide bonds. The minimum Gasteiger partial charge on any atom is -0.505 e. The van der Waals surface area contributed by atoms with Crippen LogP contribution in [-0.4, -0.2) is 61.6 Å². The van der Waals surface area contributed by atoms with Crippen molar-refractivity contribution in [1.29, 1.82) is 0 Å². The predicted molar refractivity (Wildman–Crippen MR) is 125 cm³/mol. The maximum Gasteiger partial charge on any atom is 0.164 e. The molecule has 1 fully saturated rings. The number of nitrogens with zero attached hydrogens (tertiary/aromatic N) is 2. The van der Waals surface area contributed by atoms with Crippen LogP contribution in [0.15, 0.2) is 54.7 Å². The van der Waals surface area contributed by atoms with Crippen LogP contribution in [-0.2, 0) is 4.74 Å². The first-order valence-electron chi connectivity index (χ1n) is 11.0. The number of para-hydroxylation sites is 1. The Balaban J connectivity index is 0.000000304. The maximum atomic E-state index is 12.1. The SMILES string of the molecule is CC.COc1cc2cccnc2cc1OCCCN1CCOCC1.Oc1ccccc1F. The first-order chi connectivity index (χ1) is 15.7. The van der Waals surface area contributed by atoms with Crippen molar-refractivity contribution in [2.45, 2.75) is 20.3 Å². The molecule has 0 spiro atoms. The Kier molecular flexibility index (Phi) is 11.3. The number of aromatic nitrogens is 1. The van der Waals surface area contributed by atoms with Gasteiger partial charge in [-0.15, -0.1) is 0 Å². The van der Waals surface area contributed by atoms with E-state index in [9.17, 15) is 4.39 Å². The van der Waals surface area contributed by atoms with E-state index in [2.05, 4.69) is 9.88 Å². The van der Waals surface area contributed by atoms with Crippen molar-refractivity contribution in [2.24, 2.45) is 0 Å². The molecule has 0 bridgehead atoms. The number of aromatic hydroxyl groups is 1. The Morgan fingerprint density at radius 2 is 1.81 bits per heavy atom. The number of methoxy groups -OCH3 is 1. The highest BCUT2D eigenvalue weighted by molar-refractivity contribution is 5.82. The zero-order valence-electron chi connectivity index (χ0n) is 19.1. The van der Waals surface area contributed by atoms with Crippen molar-refractivity contribution in [2.75, 3.05) is 46.6 Å². The summed E-state index contributed by atoms with van der Waals surface area (Å²) in [4.78, 5) is 6.77. The van der Waals surface area contributed by atoms with Gasteiger partial charge in [-0.1, -0.05) is 32.0 Å². The number of hydrogen-bond donors (Lipinski definition) is 1. The third-order valence-electron chi connectivity index (χ3n) is 4.72. The molecule has 1 aliphatic heterocycles. The van der Waals surface area contributed by atoms with Gasteiger partial charge in [0.25, 0.3) is 0 Å². The highest BCUT2D eigenvalue weighted by Gasteiger charge is 2.11. The summed E-state index contributed by atoms with van der Waals surface area (Å²) in [7, 11) is 1.66. The van der Waals surface area contributed by atoms with Gasteiger partial charge in [0.1, 0.15) is 0 Å². The number of pyridine rings is 1. The van der Waals surface area contributed by atoms with Gasteiger partial charge in [-0.3, -0.25) is 9.88 Å². The third-order valence-corrected chi connectivity index (χ3v) is 4.72. The molecule has 174 valence electrons. The van der Waals surface area contributed by atoms with Crippen molar-refractivity contribution in [3.63, 3.8) is 0 Å². The molecular weight excluding hydrogens is 411 g/mol. The second-order valence-electron chi connectivity index (χ2n) is 6.81. The van der Waals surface area contributed by atoms with E-state index in [1.807, 2.05) is 38.1 Å². The second kappa shape index (κ2) is 14.2. The molecule has 1 aliphatic rings. The van der Waals surface area contributed by atoms with Crippen LogP contribution < -0.4 is 9.47 Å². The van der Waals surface area contributed by atoms with Crippen LogP contribution in [0.3, 0.4) is 0 Å². The molecular formula is C25H33FN2O4. The molecule has 2 aromatic carbocycles. The maximum absolute atomic E-state index is 12.1. The lowest BCUT2D eigenvalue weighted by molar-refractivity contribution is 0.0357. The molecule has 2 heterocycles. The van der Waals surface area contributed by atoms with Crippen LogP contribution in [0, 0.1) is 5.82 Å². The number of phenolic OH excluding ortho intramolecular Hbond substituents is 1. The molecule has 1 N–H and O–H groups in total. The Hall–Kier alpha value is -2.90. The fraction of sp³-hybridized carbons (Fsp3) is 0.400. The lowest BCUT2D eigenvalue weighted by Gasteiger charge is -2.26. The van der Waals surface area contributed by atoms with E-state index in [1.54, 1.807) is 19.4 Å². The summed E-state index contributed by atoms with van der Waals surface area (Å²) < 4.78 is 28.7. The smallest absolute Gasteiger partial charge is 0.164 e. The molecule has 0 saturated carbocycles. The molecule has 1 saturated heterocycles. The second-order valence-corrected chi connectivity index (χ2v) is 6.81. The fourth-order valence-corrected chi connectivity index (χ4v) is 3.10. The summed E-state index contributed by atoms with van der Waals surface area (Å²) in [5.74, 6) is 0.641. The Morgan fingerprint density at radius 3 is 2.47 bits per heavy atom. The number of benzene rings is 2. The van der Waals surface area contributed by atoms with Crippen molar-refractivity contribution in [1.82, 2.24) is 9.88 Å². The van der Waals surface area contributed by atoms with E-state index < -0.39 is 5.82 Å². The van der Waals surface area contributed by atoms with Crippen molar-refractivity contribution in [3.8, 4) is 17.2 Å². The van der Waals surface area contributed by atoms with Gasteiger partial charge in [-0.25, -0.2) is 4.39 Å². The fourth-order valence-electron chi connectivity index (χ4n) is 3.10. The van der Waals surface area contributed by atoms with Gasteiger partial charge in [0.05, 0.1) is 32.4 Å². The average Bonchev–Trinajstić information content (AvgIpc) is 2.85. The van der Waals surface area contributed by atoms with Gasteiger partial charge in [-0.05, 0) is 30.7 Å². The molecule has 1 aromatic heterocycles. The number of phenols is 1.